The van der Waals surface area contributed by atoms with Crippen molar-refractivity contribution >= 4 is 62.8 Å². The Morgan fingerprint density at radius 1 is 0.709 bits per heavy atom. The first kappa shape index (κ1) is 36.9. The molecule has 7 aromatic rings. The lowest BCUT2D eigenvalue weighted by atomic mass is 10.1. The van der Waals surface area contributed by atoms with Gasteiger partial charge < -0.3 is 26.8 Å². The molecule has 1 aliphatic heterocycles. The second-order valence-corrected chi connectivity index (χ2v) is 14.1. The van der Waals surface area contributed by atoms with Gasteiger partial charge in [-0.25, -0.2) is 15.0 Å². The normalized spacial score (nSPS) is 15.2. The fraction of sp³-hybridized carbons (Fsp3) is 0.195. The van der Waals surface area contributed by atoms with E-state index in [4.69, 9.17) is 38.5 Å². The summed E-state index contributed by atoms with van der Waals surface area (Å²) in [6, 6.07) is 24.9. The van der Waals surface area contributed by atoms with E-state index >= 15 is 0 Å². The largest absolute Gasteiger partial charge is 0.497 e. The maximum Gasteiger partial charge on any atom is 0.231 e. The number of fused-ring (bicyclic) bond motifs is 2. The summed E-state index contributed by atoms with van der Waals surface area (Å²) in [5.41, 5.74) is 29.0. The van der Waals surface area contributed by atoms with Gasteiger partial charge in [0.1, 0.15) is 40.7 Å². The molecule has 1 atom stereocenters. The van der Waals surface area contributed by atoms with Gasteiger partial charge in [-0.15, -0.1) is 0 Å². The molecule has 14 heteroatoms. The van der Waals surface area contributed by atoms with Crippen LogP contribution in [0.5, 0.6) is 5.75 Å². The number of aliphatic imine (C=N–C) groups is 1. The van der Waals surface area contributed by atoms with Gasteiger partial charge in [0, 0.05) is 28.4 Å². The van der Waals surface area contributed by atoms with Crippen LogP contribution in [0, 0.1) is 41.5 Å². The molecule has 280 valence electrons. The van der Waals surface area contributed by atoms with Gasteiger partial charge in [0.2, 0.25) is 11.7 Å². The van der Waals surface area contributed by atoms with Crippen molar-refractivity contribution in [1.82, 2.24) is 34.4 Å². The van der Waals surface area contributed by atoms with Gasteiger partial charge in [0.15, 0.2) is 0 Å². The monoisotopic (exact) mass is 754 g/mol. The molecule has 0 saturated carbocycles. The number of halogens is 1. The number of nitrogens with two attached hydrogens (primary N) is 3. The highest BCUT2D eigenvalue weighted by Crippen LogP contribution is 2.29. The maximum atomic E-state index is 6.57. The van der Waals surface area contributed by atoms with Gasteiger partial charge in [-0.3, -0.25) is 14.9 Å². The van der Waals surface area contributed by atoms with Crippen molar-refractivity contribution in [2.24, 2.45) is 16.5 Å². The second kappa shape index (κ2) is 14.4. The first-order valence-electron chi connectivity index (χ1n) is 17.6. The summed E-state index contributed by atoms with van der Waals surface area (Å²) in [4.78, 5) is 22.8. The minimum absolute atomic E-state index is 0.339. The van der Waals surface area contributed by atoms with Crippen LogP contribution in [-0.4, -0.2) is 42.0 Å². The molecule has 0 aliphatic carbocycles. The highest BCUT2D eigenvalue weighted by atomic mass is 35.5. The number of aryl methyl sites for hydroxylation is 6. The third kappa shape index (κ3) is 7.39. The number of nitrogen functional groups attached to an aromatic ring is 1. The zero-order valence-corrected chi connectivity index (χ0v) is 32.5. The number of methoxy groups -OCH3 is 1. The topological polar surface area (TPSA) is 185 Å². The summed E-state index contributed by atoms with van der Waals surface area (Å²) < 4.78 is 9.20. The predicted octanol–water partition coefficient (Wildman–Crippen LogP) is 7.22. The maximum absolute atomic E-state index is 6.57. The number of nitrogens with zero attached hydrogens (tertiary/aromatic N) is 7. The molecule has 13 nitrogen and oxygen atoms in total. The Kier molecular flexibility index (Phi) is 9.67. The molecule has 3 aromatic heterocycles. The van der Waals surface area contributed by atoms with Crippen LogP contribution in [0.4, 0.5) is 17.5 Å². The summed E-state index contributed by atoms with van der Waals surface area (Å²) >= 11 is 6.00. The molecule has 0 fully saturated rings. The third-order valence-electron chi connectivity index (χ3n) is 9.62. The molecule has 1 unspecified atom stereocenters. The number of imidazole rings is 2. The highest BCUT2D eigenvalue weighted by molar-refractivity contribution is 6.30. The molecule has 0 bridgehead atoms. The second-order valence-electron chi connectivity index (χ2n) is 13.6. The van der Waals surface area contributed by atoms with Gasteiger partial charge in [-0.2, -0.15) is 9.97 Å². The Bertz CT molecular complexity index is 2640. The molecular weight excluding hydrogens is 712 g/mol. The van der Waals surface area contributed by atoms with E-state index in [0.717, 1.165) is 56.5 Å². The lowest BCUT2D eigenvalue weighted by molar-refractivity contribution is 0.411. The summed E-state index contributed by atoms with van der Waals surface area (Å²) in [5, 5.41) is 7.14. The van der Waals surface area contributed by atoms with Crippen molar-refractivity contribution in [3.8, 4) is 11.6 Å². The number of hydrogen-bond donors (Lipinski definition) is 5. The van der Waals surface area contributed by atoms with E-state index in [1.807, 2.05) is 59.4 Å². The highest BCUT2D eigenvalue weighted by Gasteiger charge is 2.32. The van der Waals surface area contributed by atoms with Crippen LogP contribution in [0.3, 0.4) is 0 Å². The van der Waals surface area contributed by atoms with Crippen molar-refractivity contribution in [3.63, 3.8) is 0 Å². The Hall–Kier alpha value is -6.44. The number of rotatable bonds is 6. The summed E-state index contributed by atoms with van der Waals surface area (Å²) in [5.74, 6) is 3.81. The molecule has 8 rings (SSSR count). The zero-order valence-electron chi connectivity index (χ0n) is 31.7. The predicted molar refractivity (Wildman–Crippen MR) is 222 cm³/mol. The number of ether oxygens (including phenoxy) is 1. The first-order valence-corrected chi connectivity index (χ1v) is 18.0. The lowest BCUT2D eigenvalue weighted by Gasteiger charge is -2.33. The van der Waals surface area contributed by atoms with Crippen LogP contribution in [0.25, 0.3) is 33.7 Å². The third-order valence-corrected chi connectivity index (χ3v) is 9.87. The minimum Gasteiger partial charge on any atom is -0.497 e. The molecule has 55 heavy (non-hydrogen) atoms. The molecule has 0 radical (unpaired) electrons. The van der Waals surface area contributed by atoms with Gasteiger partial charge in [0.25, 0.3) is 0 Å². The van der Waals surface area contributed by atoms with E-state index in [0.29, 0.717) is 28.4 Å². The summed E-state index contributed by atoms with van der Waals surface area (Å²) in [7, 11) is 1.64. The lowest BCUT2D eigenvalue weighted by Crippen LogP contribution is -2.52. The standard InChI is InChI=1S/C21H22N6O.C20H21ClN6/c1-12-9-17-18(10-13(12)2)27(14(3)23-17)20-11-19(22)25-21(26-20)24-15-5-7-16(28-4)8-6-15;1-11-8-16-17(9-12(11)2)27(13(3)24-16)19-10-18(22)25-20(23,26-19)14-4-6-15(21)7-5-14/h5-11H,1-4H3,(H3,22,24,25,26);4-10,26H,23H2,1-3H3,(H2,22,25). The van der Waals surface area contributed by atoms with Crippen LogP contribution in [0.15, 0.2) is 89.9 Å². The van der Waals surface area contributed by atoms with Crippen LogP contribution in [0.1, 0.15) is 39.5 Å². The Balaban J connectivity index is 0.000000169. The molecule has 8 N–H and O–H groups in total. The van der Waals surface area contributed by atoms with Crippen molar-refractivity contribution in [2.45, 2.75) is 47.3 Å². The van der Waals surface area contributed by atoms with Crippen LogP contribution >= 0.6 is 11.6 Å². The van der Waals surface area contributed by atoms with Crippen molar-refractivity contribution in [2.75, 3.05) is 18.2 Å². The molecule has 4 heterocycles. The number of amidine groups is 1. The number of anilines is 3. The number of hydrogen-bond acceptors (Lipinski definition) is 11. The van der Waals surface area contributed by atoms with Crippen LogP contribution < -0.4 is 32.6 Å². The minimum atomic E-state index is -1.19. The van der Waals surface area contributed by atoms with E-state index < -0.39 is 5.79 Å². The number of aromatic nitrogens is 6. The van der Waals surface area contributed by atoms with Gasteiger partial charge in [0.05, 0.1) is 29.2 Å². The molecule has 0 spiro atoms. The average Bonchev–Trinajstić information content (AvgIpc) is 3.62. The van der Waals surface area contributed by atoms with E-state index in [9.17, 15) is 0 Å². The molecule has 4 aromatic carbocycles. The molecule has 0 saturated heterocycles. The summed E-state index contributed by atoms with van der Waals surface area (Å²) in [6.07, 6.45) is 1.77. The number of nitrogens with one attached hydrogen (secondary N) is 2. The fourth-order valence-electron chi connectivity index (χ4n) is 6.52. The Morgan fingerprint density at radius 2 is 1.27 bits per heavy atom. The average molecular weight is 755 g/mol. The van der Waals surface area contributed by atoms with Gasteiger partial charge in [-0.1, -0.05) is 23.7 Å². The Morgan fingerprint density at radius 3 is 1.87 bits per heavy atom. The van der Waals surface area contributed by atoms with Gasteiger partial charge >= 0.3 is 0 Å². The van der Waals surface area contributed by atoms with E-state index in [1.54, 1.807) is 31.4 Å². The zero-order chi connectivity index (χ0) is 39.2. The number of benzene rings is 4. The molecule has 0 amide bonds. The molecular formula is C41H43ClN12O. The first-order chi connectivity index (χ1) is 26.2. The summed E-state index contributed by atoms with van der Waals surface area (Å²) in [6.45, 7) is 12.3. The van der Waals surface area contributed by atoms with Gasteiger partial charge in [-0.05, 0) is 124 Å². The smallest absolute Gasteiger partial charge is 0.231 e. The van der Waals surface area contributed by atoms with Crippen molar-refractivity contribution < 1.29 is 4.74 Å². The van der Waals surface area contributed by atoms with E-state index in [-0.39, 0.29) is 0 Å². The fourth-order valence-corrected chi connectivity index (χ4v) is 6.65. The Labute approximate surface area is 323 Å². The van der Waals surface area contributed by atoms with Crippen molar-refractivity contribution in [3.05, 3.63) is 129 Å². The van der Waals surface area contributed by atoms with E-state index in [1.165, 1.54) is 22.3 Å². The molecule has 1 aliphatic rings. The SMILES string of the molecule is COc1ccc(Nc2nc(N)cc(-n3c(C)nc4cc(C)c(C)cc43)n2)cc1.Cc1cc2nc(C)n(C3=CC(N)=NC(N)(c4ccc(Cl)cc4)N3)c2cc1C. The van der Waals surface area contributed by atoms with Crippen LogP contribution in [0.2, 0.25) is 5.02 Å². The van der Waals surface area contributed by atoms with Crippen molar-refractivity contribution in [1.29, 1.82) is 0 Å². The van der Waals surface area contributed by atoms with E-state index in [2.05, 4.69) is 82.5 Å². The quantitative estimate of drug-likeness (QED) is 0.116. The van der Waals surface area contributed by atoms with Crippen LogP contribution in [-0.2, 0) is 5.79 Å².